The minimum Gasteiger partial charge on any atom is -0.492 e. The lowest BCUT2D eigenvalue weighted by atomic mass is 10.1. The van der Waals surface area contributed by atoms with Crippen molar-refractivity contribution in [1.82, 2.24) is 0 Å². The summed E-state index contributed by atoms with van der Waals surface area (Å²) in [5, 5.41) is 0. The third-order valence-corrected chi connectivity index (χ3v) is 6.43. The Balaban J connectivity index is 1.48. The average molecular weight is 554 g/mol. The smallest absolute Gasteiger partial charge is 0.338 e. The normalized spacial score (nSPS) is 10.9. The Morgan fingerprint density at radius 2 is 1.47 bits per heavy atom. The van der Waals surface area contributed by atoms with Crippen molar-refractivity contribution in [2.24, 2.45) is 0 Å². The van der Waals surface area contributed by atoms with Crippen molar-refractivity contribution < 1.29 is 19.0 Å². The van der Waals surface area contributed by atoms with Gasteiger partial charge in [-0.15, -0.1) is 0 Å². The molecule has 3 rings (SSSR count). The number of hydrogen-bond donors (Lipinski definition) is 0. The van der Waals surface area contributed by atoms with Gasteiger partial charge >= 0.3 is 5.97 Å². The molecule has 3 aromatic rings. The van der Waals surface area contributed by atoms with Gasteiger partial charge in [-0.2, -0.15) is 0 Å². The highest BCUT2D eigenvalue weighted by Crippen LogP contribution is 2.32. The molecular weight excluding hydrogens is 516 g/mol. The van der Waals surface area contributed by atoms with E-state index in [-0.39, 0.29) is 12.1 Å². The van der Waals surface area contributed by atoms with Crippen molar-refractivity contribution in [2.45, 2.75) is 72.0 Å². The number of hydrogen-bond acceptors (Lipinski definition) is 4. The standard InChI is InChI=1S/C31H37BrO4/c1-4-5-6-7-8-9-20-34-30-19-16-27(21-29(30)32)25-14-17-28(18-15-25)35-22-24-10-12-26(13-11-24)31(33)36-23(2)3/h10-19,21,23H,4-9,20,22H2,1-3H3. The van der Waals surface area contributed by atoms with Crippen LogP contribution in [0.4, 0.5) is 0 Å². The van der Waals surface area contributed by atoms with Gasteiger partial charge in [-0.25, -0.2) is 4.79 Å². The Kier molecular flexibility index (Phi) is 11.3. The predicted molar refractivity (Wildman–Crippen MR) is 150 cm³/mol. The monoisotopic (exact) mass is 552 g/mol. The third-order valence-electron chi connectivity index (χ3n) is 5.81. The van der Waals surface area contributed by atoms with E-state index in [4.69, 9.17) is 14.2 Å². The second kappa shape index (κ2) is 14.7. The lowest BCUT2D eigenvalue weighted by Crippen LogP contribution is -2.11. The summed E-state index contributed by atoms with van der Waals surface area (Å²) < 4.78 is 18.1. The van der Waals surface area contributed by atoms with E-state index in [1.165, 1.54) is 32.1 Å². The number of halogens is 1. The van der Waals surface area contributed by atoms with E-state index in [9.17, 15) is 4.79 Å². The molecule has 0 aromatic heterocycles. The minimum atomic E-state index is -0.308. The molecule has 0 radical (unpaired) electrons. The Hall–Kier alpha value is -2.79. The summed E-state index contributed by atoms with van der Waals surface area (Å²) in [5.41, 5.74) is 3.75. The number of benzene rings is 3. The topological polar surface area (TPSA) is 44.8 Å². The summed E-state index contributed by atoms with van der Waals surface area (Å²) in [6.45, 7) is 7.09. The summed E-state index contributed by atoms with van der Waals surface area (Å²) in [7, 11) is 0. The van der Waals surface area contributed by atoms with E-state index >= 15 is 0 Å². The first-order valence-electron chi connectivity index (χ1n) is 12.9. The van der Waals surface area contributed by atoms with Crippen molar-refractivity contribution >= 4 is 21.9 Å². The van der Waals surface area contributed by atoms with Crippen molar-refractivity contribution in [3.63, 3.8) is 0 Å². The maximum Gasteiger partial charge on any atom is 0.338 e. The minimum absolute atomic E-state index is 0.134. The molecule has 192 valence electrons. The first kappa shape index (κ1) is 27.8. The summed E-state index contributed by atoms with van der Waals surface area (Å²) in [5.74, 6) is 1.37. The quantitative estimate of drug-likeness (QED) is 0.148. The van der Waals surface area contributed by atoms with Crippen LogP contribution in [0.2, 0.25) is 0 Å². The van der Waals surface area contributed by atoms with Gasteiger partial charge in [0.2, 0.25) is 0 Å². The summed E-state index contributed by atoms with van der Waals surface area (Å²) >= 11 is 3.66. The number of esters is 1. The Bertz CT molecular complexity index is 1070. The highest BCUT2D eigenvalue weighted by Gasteiger charge is 2.09. The fourth-order valence-corrected chi connectivity index (χ4v) is 4.28. The summed E-state index contributed by atoms with van der Waals surface area (Å²) in [6.07, 6.45) is 7.40. The van der Waals surface area contributed by atoms with Gasteiger partial charge in [0.1, 0.15) is 18.1 Å². The maximum absolute atomic E-state index is 12.0. The molecule has 0 bridgehead atoms. The molecular formula is C31H37BrO4. The fraction of sp³-hybridized carbons (Fsp3) is 0.387. The van der Waals surface area contributed by atoms with E-state index in [1.807, 2.05) is 44.2 Å². The number of ether oxygens (including phenoxy) is 3. The van der Waals surface area contributed by atoms with Crippen LogP contribution in [0.15, 0.2) is 71.2 Å². The van der Waals surface area contributed by atoms with Gasteiger partial charge in [0, 0.05) is 0 Å². The SMILES string of the molecule is CCCCCCCCOc1ccc(-c2ccc(OCc3ccc(C(=O)OC(C)C)cc3)cc2)cc1Br. The van der Waals surface area contributed by atoms with Gasteiger partial charge in [0.25, 0.3) is 0 Å². The average Bonchev–Trinajstić information content (AvgIpc) is 2.88. The largest absolute Gasteiger partial charge is 0.492 e. The van der Waals surface area contributed by atoms with E-state index in [1.54, 1.807) is 12.1 Å². The van der Waals surface area contributed by atoms with Crippen LogP contribution in [-0.4, -0.2) is 18.7 Å². The van der Waals surface area contributed by atoms with E-state index in [0.717, 1.165) is 45.7 Å². The molecule has 0 spiro atoms. The Morgan fingerprint density at radius 1 is 0.806 bits per heavy atom. The van der Waals surface area contributed by atoms with Gasteiger partial charge < -0.3 is 14.2 Å². The van der Waals surface area contributed by atoms with Crippen LogP contribution in [0.5, 0.6) is 11.5 Å². The van der Waals surface area contributed by atoms with Gasteiger partial charge in [0.05, 0.1) is 22.7 Å². The van der Waals surface area contributed by atoms with Gasteiger partial charge in [-0.1, -0.05) is 69.4 Å². The first-order valence-corrected chi connectivity index (χ1v) is 13.7. The molecule has 0 unspecified atom stereocenters. The summed E-state index contributed by atoms with van der Waals surface area (Å²) in [6, 6.07) is 21.6. The molecule has 5 heteroatoms. The van der Waals surface area contributed by atoms with Crippen molar-refractivity contribution in [1.29, 1.82) is 0 Å². The zero-order chi connectivity index (χ0) is 25.8. The summed E-state index contributed by atoms with van der Waals surface area (Å²) in [4.78, 5) is 12.0. The van der Waals surface area contributed by atoms with Crippen LogP contribution in [0.25, 0.3) is 11.1 Å². The maximum atomic E-state index is 12.0. The Labute approximate surface area is 224 Å². The molecule has 0 aliphatic carbocycles. The van der Waals surface area contributed by atoms with E-state index < -0.39 is 0 Å². The van der Waals surface area contributed by atoms with Crippen molar-refractivity contribution in [3.05, 3.63) is 82.3 Å². The lowest BCUT2D eigenvalue weighted by molar-refractivity contribution is 0.0378. The molecule has 4 nitrogen and oxygen atoms in total. The molecule has 36 heavy (non-hydrogen) atoms. The van der Waals surface area contributed by atoms with Crippen LogP contribution < -0.4 is 9.47 Å². The van der Waals surface area contributed by atoms with Gasteiger partial charge in [-0.05, 0) is 89.3 Å². The molecule has 0 saturated heterocycles. The highest BCUT2D eigenvalue weighted by molar-refractivity contribution is 9.10. The van der Waals surface area contributed by atoms with Gasteiger partial charge in [0.15, 0.2) is 0 Å². The second-order valence-electron chi connectivity index (χ2n) is 9.23. The molecule has 3 aromatic carbocycles. The molecule has 0 N–H and O–H groups in total. The first-order chi connectivity index (χ1) is 17.5. The molecule has 0 saturated carbocycles. The van der Waals surface area contributed by atoms with E-state index in [2.05, 4.69) is 47.1 Å². The molecule has 0 amide bonds. The zero-order valence-corrected chi connectivity index (χ0v) is 23.2. The third kappa shape index (κ3) is 9.02. The zero-order valence-electron chi connectivity index (χ0n) is 21.6. The molecule has 0 aliphatic rings. The van der Waals surface area contributed by atoms with Gasteiger partial charge in [-0.3, -0.25) is 0 Å². The number of rotatable bonds is 14. The second-order valence-corrected chi connectivity index (χ2v) is 10.1. The molecule has 0 heterocycles. The molecule has 0 atom stereocenters. The van der Waals surface area contributed by atoms with Crippen LogP contribution in [-0.2, 0) is 11.3 Å². The highest BCUT2D eigenvalue weighted by atomic mass is 79.9. The molecule has 0 aliphatic heterocycles. The van der Waals surface area contributed by atoms with E-state index in [0.29, 0.717) is 12.2 Å². The van der Waals surface area contributed by atoms with Crippen LogP contribution in [0, 0.1) is 0 Å². The molecule has 0 fully saturated rings. The Morgan fingerprint density at radius 3 is 2.14 bits per heavy atom. The van der Waals surface area contributed by atoms with Crippen LogP contribution in [0.3, 0.4) is 0 Å². The van der Waals surface area contributed by atoms with Crippen LogP contribution >= 0.6 is 15.9 Å². The number of carbonyl (C=O) groups excluding carboxylic acids is 1. The van der Waals surface area contributed by atoms with Crippen LogP contribution in [0.1, 0.15) is 75.2 Å². The van der Waals surface area contributed by atoms with Crippen molar-refractivity contribution in [2.75, 3.05) is 6.61 Å². The lowest BCUT2D eigenvalue weighted by Gasteiger charge is -2.11. The predicted octanol–water partition coefficient (Wildman–Crippen LogP) is 9.00. The number of carbonyl (C=O) groups is 1. The van der Waals surface area contributed by atoms with Crippen molar-refractivity contribution in [3.8, 4) is 22.6 Å². The number of unbranched alkanes of at least 4 members (excludes halogenated alkanes) is 5. The fourth-order valence-electron chi connectivity index (χ4n) is 3.79.